The SMILES string of the molecule is Cc1ccc(-n2ncc(C(=O)Nc3cccc(-c4noc(=O)[nH]4)c3)c2C(F)(F)F)cc1. The summed E-state index contributed by atoms with van der Waals surface area (Å²) in [6.07, 6.45) is -3.95. The van der Waals surface area contributed by atoms with E-state index in [-0.39, 0.29) is 17.2 Å². The van der Waals surface area contributed by atoms with Gasteiger partial charge in [-0.2, -0.15) is 18.3 Å². The number of aryl methyl sites for hydroxylation is 1. The summed E-state index contributed by atoms with van der Waals surface area (Å²) in [5.41, 5.74) is -0.179. The largest absolute Gasteiger partial charge is 0.439 e. The molecule has 0 aliphatic heterocycles. The van der Waals surface area contributed by atoms with Crippen molar-refractivity contribution >= 4 is 11.6 Å². The van der Waals surface area contributed by atoms with Crippen molar-refractivity contribution in [2.75, 3.05) is 5.32 Å². The van der Waals surface area contributed by atoms with Crippen LogP contribution in [-0.2, 0) is 6.18 Å². The average Bonchev–Trinajstić information content (AvgIpc) is 3.35. The molecule has 0 unspecified atom stereocenters. The summed E-state index contributed by atoms with van der Waals surface area (Å²) in [6.45, 7) is 1.80. The summed E-state index contributed by atoms with van der Waals surface area (Å²) in [5, 5.41) is 9.74. The fourth-order valence-electron chi connectivity index (χ4n) is 2.97. The number of carbonyl (C=O) groups is 1. The summed E-state index contributed by atoms with van der Waals surface area (Å²) in [7, 11) is 0. The van der Waals surface area contributed by atoms with Crippen LogP contribution in [-0.4, -0.2) is 25.8 Å². The van der Waals surface area contributed by atoms with Gasteiger partial charge in [0.05, 0.1) is 17.4 Å². The monoisotopic (exact) mass is 429 g/mol. The summed E-state index contributed by atoms with van der Waals surface area (Å²) < 4.78 is 46.5. The van der Waals surface area contributed by atoms with Crippen LogP contribution >= 0.6 is 0 Å². The number of H-pyrrole nitrogens is 1. The maximum absolute atomic E-state index is 13.8. The van der Waals surface area contributed by atoms with Crippen LogP contribution in [0.1, 0.15) is 21.6 Å². The van der Waals surface area contributed by atoms with Crippen molar-refractivity contribution < 1.29 is 22.5 Å². The molecule has 0 atom stereocenters. The van der Waals surface area contributed by atoms with Gasteiger partial charge in [0.2, 0.25) is 0 Å². The van der Waals surface area contributed by atoms with Crippen LogP contribution in [0.5, 0.6) is 0 Å². The van der Waals surface area contributed by atoms with E-state index in [4.69, 9.17) is 0 Å². The van der Waals surface area contributed by atoms with Crippen LogP contribution in [0, 0.1) is 6.92 Å². The summed E-state index contributed by atoms with van der Waals surface area (Å²) in [5.74, 6) is -1.64. The van der Waals surface area contributed by atoms with Gasteiger partial charge < -0.3 is 5.32 Å². The van der Waals surface area contributed by atoms with Crippen molar-refractivity contribution in [3.8, 4) is 17.1 Å². The quantitative estimate of drug-likeness (QED) is 0.513. The molecule has 4 rings (SSSR count). The second kappa shape index (κ2) is 7.59. The highest BCUT2D eigenvalue weighted by atomic mass is 19.4. The molecule has 2 heterocycles. The molecule has 0 fully saturated rings. The van der Waals surface area contributed by atoms with Gasteiger partial charge in [-0.25, -0.2) is 9.48 Å². The van der Waals surface area contributed by atoms with Gasteiger partial charge in [0, 0.05) is 11.3 Å². The standard InChI is InChI=1S/C20H14F3N5O3/c1-11-5-7-14(8-6-11)28-16(20(21,22)23)15(10-24-28)18(29)25-13-4-2-3-12(9-13)17-26-19(30)31-27-17/h2-10H,1H3,(H,25,29)(H,26,27,30). The van der Waals surface area contributed by atoms with E-state index in [2.05, 4.69) is 25.1 Å². The molecule has 31 heavy (non-hydrogen) atoms. The van der Waals surface area contributed by atoms with E-state index in [1.807, 2.05) is 0 Å². The highest BCUT2D eigenvalue weighted by Crippen LogP contribution is 2.34. The van der Waals surface area contributed by atoms with Crippen LogP contribution in [0.2, 0.25) is 0 Å². The molecular weight excluding hydrogens is 415 g/mol. The molecule has 2 N–H and O–H groups in total. The maximum Gasteiger partial charge on any atom is 0.439 e. The first kappa shape index (κ1) is 20.1. The molecule has 0 aliphatic rings. The minimum Gasteiger partial charge on any atom is -0.322 e. The predicted octanol–water partition coefficient (Wildman–Crippen LogP) is 3.80. The number of amides is 1. The Morgan fingerprint density at radius 2 is 1.90 bits per heavy atom. The van der Waals surface area contributed by atoms with Gasteiger partial charge in [-0.15, -0.1) is 0 Å². The van der Waals surface area contributed by atoms with E-state index >= 15 is 0 Å². The second-order valence-electron chi connectivity index (χ2n) is 6.63. The number of hydrogen-bond acceptors (Lipinski definition) is 5. The smallest absolute Gasteiger partial charge is 0.322 e. The Hall–Kier alpha value is -4.15. The number of benzene rings is 2. The van der Waals surface area contributed by atoms with E-state index in [1.54, 1.807) is 31.2 Å². The average molecular weight is 429 g/mol. The second-order valence-corrected chi connectivity index (χ2v) is 6.63. The number of aromatic amines is 1. The fraction of sp³-hybridized carbons (Fsp3) is 0.100. The van der Waals surface area contributed by atoms with Gasteiger partial charge in [0.15, 0.2) is 11.5 Å². The van der Waals surface area contributed by atoms with Crippen molar-refractivity contribution in [1.82, 2.24) is 19.9 Å². The Morgan fingerprint density at radius 1 is 1.16 bits per heavy atom. The van der Waals surface area contributed by atoms with Crippen molar-refractivity contribution in [1.29, 1.82) is 0 Å². The van der Waals surface area contributed by atoms with Crippen LogP contribution in [0.15, 0.2) is 64.0 Å². The third-order valence-electron chi connectivity index (χ3n) is 4.40. The number of nitrogens with zero attached hydrogens (tertiary/aromatic N) is 3. The molecule has 0 spiro atoms. The molecule has 0 aliphatic carbocycles. The lowest BCUT2D eigenvalue weighted by molar-refractivity contribution is -0.143. The zero-order chi connectivity index (χ0) is 22.2. The Morgan fingerprint density at radius 3 is 2.55 bits per heavy atom. The van der Waals surface area contributed by atoms with Gasteiger partial charge in [-0.1, -0.05) is 35.0 Å². The number of hydrogen-bond donors (Lipinski definition) is 2. The van der Waals surface area contributed by atoms with Crippen LogP contribution in [0.3, 0.4) is 0 Å². The molecule has 0 saturated heterocycles. The molecule has 1 amide bonds. The van der Waals surface area contributed by atoms with Crippen LogP contribution < -0.4 is 11.1 Å². The lowest BCUT2D eigenvalue weighted by Gasteiger charge is -2.13. The molecule has 2 aromatic carbocycles. The minimum atomic E-state index is -4.82. The van der Waals surface area contributed by atoms with Gasteiger partial charge in [-0.05, 0) is 31.2 Å². The number of nitrogens with one attached hydrogen (secondary N) is 2. The molecule has 4 aromatic rings. The van der Waals surface area contributed by atoms with E-state index in [9.17, 15) is 22.8 Å². The van der Waals surface area contributed by atoms with E-state index in [0.29, 0.717) is 10.2 Å². The Bertz CT molecular complexity index is 1300. The Balaban J connectivity index is 1.68. The topological polar surface area (TPSA) is 106 Å². The molecule has 8 nitrogen and oxygen atoms in total. The fourth-order valence-corrected chi connectivity index (χ4v) is 2.97. The third-order valence-corrected chi connectivity index (χ3v) is 4.40. The first-order valence-corrected chi connectivity index (χ1v) is 8.92. The lowest BCUT2D eigenvalue weighted by atomic mass is 10.1. The number of halogens is 3. The lowest BCUT2D eigenvalue weighted by Crippen LogP contribution is -2.20. The third kappa shape index (κ3) is 4.10. The Labute approximate surface area is 172 Å². The molecule has 158 valence electrons. The zero-order valence-electron chi connectivity index (χ0n) is 15.9. The minimum absolute atomic E-state index is 0.115. The van der Waals surface area contributed by atoms with Crippen molar-refractivity contribution in [3.05, 3.63) is 82.1 Å². The molecular formula is C20H14F3N5O3. The first-order valence-electron chi connectivity index (χ1n) is 8.92. The predicted molar refractivity (Wildman–Crippen MR) is 104 cm³/mol. The molecule has 11 heteroatoms. The number of alkyl halides is 3. The Kier molecular flexibility index (Phi) is 4.93. The van der Waals surface area contributed by atoms with Gasteiger partial charge in [0.1, 0.15) is 0 Å². The zero-order valence-corrected chi connectivity index (χ0v) is 15.9. The first-order chi connectivity index (χ1) is 14.7. The van der Waals surface area contributed by atoms with Gasteiger partial charge in [-0.3, -0.25) is 14.3 Å². The number of aromatic nitrogens is 4. The summed E-state index contributed by atoms with van der Waals surface area (Å²) >= 11 is 0. The van der Waals surface area contributed by atoms with Crippen molar-refractivity contribution in [2.45, 2.75) is 13.1 Å². The van der Waals surface area contributed by atoms with Crippen LogP contribution in [0.4, 0.5) is 18.9 Å². The number of carbonyl (C=O) groups excluding carboxylic acids is 1. The number of rotatable bonds is 4. The van der Waals surface area contributed by atoms with Crippen LogP contribution in [0.25, 0.3) is 17.1 Å². The normalized spacial score (nSPS) is 11.5. The highest BCUT2D eigenvalue weighted by molar-refractivity contribution is 6.05. The maximum atomic E-state index is 13.8. The molecule has 0 radical (unpaired) electrons. The van der Waals surface area contributed by atoms with Gasteiger partial charge >= 0.3 is 11.9 Å². The van der Waals surface area contributed by atoms with E-state index in [1.165, 1.54) is 24.3 Å². The van der Waals surface area contributed by atoms with Crippen molar-refractivity contribution in [2.24, 2.45) is 0 Å². The summed E-state index contributed by atoms with van der Waals surface area (Å²) in [4.78, 5) is 26.1. The van der Waals surface area contributed by atoms with Crippen molar-refractivity contribution in [3.63, 3.8) is 0 Å². The highest BCUT2D eigenvalue weighted by Gasteiger charge is 2.40. The molecule has 0 saturated carbocycles. The van der Waals surface area contributed by atoms with E-state index < -0.39 is 29.1 Å². The number of anilines is 1. The van der Waals surface area contributed by atoms with Gasteiger partial charge in [0.25, 0.3) is 5.91 Å². The molecule has 2 aromatic heterocycles. The van der Waals surface area contributed by atoms with E-state index in [0.717, 1.165) is 11.8 Å². The molecule has 0 bridgehead atoms. The summed E-state index contributed by atoms with van der Waals surface area (Å²) in [6, 6.07) is 12.3.